The summed E-state index contributed by atoms with van der Waals surface area (Å²) in [6.45, 7) is 13.7. The second kappa shape index (κ2) is 15.0. The summed E-state index contributed by atoms with van der Waals surface area (Å²) < 4.78 is 67.1. The lowest BCUT2D eigenvalue weighted by molar-refractivity contribution is -0.168. The zero-order valence-corrected chi connectivity index (χ0v) is 58.3. The Labute approximate surface area is 594 Å². The molecule has 4 spiro atoms. The zero-order valence-electron chi connectivity index (χ0n) is 58.3. The van der Waals surface area contributed by atoms with Crippen molar-refractivity contribution in [3.05, 3.63) is 44.5 Å². The van der Waals surface area contributed by atoms with Crippen molar-refractivity contribution in [2.75, 3.05) is 146 Å². The quantitative estimate of drug-likeness (QED) is 0.0154. The van der Waals surface area contributed by atoms with Gasteiger partial charge in [-0.15, -0.1) is 0 Å². The molecule has 9 aliphatic carbocycles. The van der Waals surface area contributed by atoms with Crippen LogP contribution in [-0.4, -0.2) is 175 Å². The third-order valence-corrected chi connectivity index (χ3v) is 31.5. The van der Waals surface area contributed by atoms with E-state index in [4.69, 9.17) is 52.1 Å². The second-order valence-corrected chi connectivity index (χ2v) is 35.1. The SMILES string of the molecule is COCCOCCOCCOC(=O)C1(C(=O)OCCOCCOCCOC)C23c4c5c6c7c8c9c(c%10c%11c2c2c4c4c%12c%13c%14c%15c%16c%17c%18c%19c%20c%21c%22c(c%13c4c4c2c2c%11c%11c%10c%10c9c9c%13c8c(c6c%15c5%12)c%16c%13c%18c5c%19c6c%21c(c2c%224)c%11c6c%10c59)C%202CN(CCOCCOCCNC(=O)OC(C)(C)C)CC%14%172)C713. The van der Waals surface area contributed by atoms with Crippen LogP contribution < -0.4 is 5.32 Å². The Bertz CT molecular complexity index is 8300. The molecule has 0 bridgehead atoms. The molecule has 0 aromatic heterocycles. The first-order valence-electron chi connectivity index (χ1n) is 38.6. The Morgan fingerprint density at radius 2 is 0.528 bits per heavy atom. The Morgan fingerprint density at radius 3 is 0.792 bits per heavy atom. The number of hydrogen-bond donors (Lipinski definition) is 1. The molecule has 10 aliphatic rings. The summed E-state index contributed by atoms with van der Waals surface area (Å²) in [7, 11) is 3.33. The minimum absolute atomic E-state index is 0.0491. The van der Waals surface area contributed by atoms with E-state index in [9.17, 15) is 4.79 Å². The average Bonchev–Trinajstić information content (AvgIpc) is 1.35. The molecule has 24 aromatic carbocycles. The predicted molar refractivity (Wildman–Crippen MR) is 411 cm³/mol. The first kappa shape index (κ1) is 53.4. The minimum atomic E-state index is -1.92. The van der Waals surface area contributed by atoms with Gasteiger partial charge in [0.25, 0.3) is 0 Å². The third-order valence-electron chi connectivity index (χ3n) is 31.5. The highest BCUT2D eigenvalue weighted by atomic mass is 16.6. The standard InChI is InChI=1S/C90H56N2O14/c1-85(2,3)106-84(95)91-6-8-98-14-15-99-9-7-92-24-86-74-58-42-30-28-26-27-29-31-33-38-45-35(29)44(34(26)42)60(74)61(45)75-62-46(38)41-48(33)67-66-47(31)36(27)49-37(28)50-39-32(30)43-40-51(39)70-72-56-52(40)63(76(86)59(43)58)65-55(56)57-54(64(62)77(65)87(75,86)25-92)53(41)71-73(57)81(72)89-79(70)69(50)68(49)78(66)88(89,80(67)71)90(89,82(93)104-22-20-102-18-16-100-12-10-96-4)83(94)105-23-21-103-19-17-101-13-11-97-5/h6-25H2,1-5H3,(H,91,95). The highest BCUT2D eigenvalue weighted by molar-refractivity contribution is 6.78. The summed E-state index contributed by atoms with van der Waals surface area (Å²) in [4.78, 5) is 50.8. The molecule has 4 atom stereocenters. The van der Waals surface area contributed by atoms with Gasteiger partial charge in [-0.1, -0.05) is 0 Å². The number of hydrogen-bond acceptors (Lipinski definition) is 15. The van der Waals surface area contributed by atoms with E-state index in [-0.39, 0.29) is 26.4 Å². The Morgan fingerprint density at radius 1 is 0.302 bits per heavy atom. The van der Waals surface area contributed by atoms with E-state index in [1.54, 1.807) is 52.6 Å². The lowest BCUT2D eigenvalue weighted by Crippen LogP contribution is -2.51. The van der Waals surface area contributed by atoms with Gasteiger partial charge in [0.05, 0.1) is 114 Å². The molecule has 1 aliphatic heterocycles. The van der Waals surface area contributed by atoms with Gasteiger partial charge in [0, 0.05) is 40.4 Å². The average molecular weight is 1390 g/mol. The van der Waals surface area contributed by atoms with Gasteiger partial charge in [-0.05, 0) is 324 Å². The second-order valence-electron chi connectivity index (χ2n) is 35.1. The van der Waals surface area contributed by atoms with Crippen molar-refractivity contribution in [3.8, 4) is 0 Å². The number of benzene rings is 16. The monoisotopic (exact) mass is 1390 g/mol. The van der Waals surface area contributed by atoms with Crippen molar-refractivity contribution in [2.24, 2.45) is 5.41 Å². The van der Waals surface area contributed by atoms with E-state index in [1.807, 2.05) is 20.8 Å². The van der Waals surface area contributed by atoms with Gasteiger partial charge in [0.15, 0.2) is 5.41 Å². The van der Waals surface area contributed by atoms with Crippen molar-refractivity contribution < 1.29 is 66.5 Å². The lowest BCUT2D eigenvalue weighted by Gasteiger charge is -2.49. The van der Waals surface area contributed by atoms with Crippen molar-refractivity contribution in [3.63, 3.8) is 0 Å². The van der Waals surface area contributed by atoms with E-state index in [2.05, 4.69) is 10.2 Å². The predicted octanol–water partition coefficient (Wildman–Crippen LogP) is 15.2. The Balaban J connectivity index is 0.708. The van der Waals surface area contributed by atoms with Crippen LogP contribution in [0.2, 0.25) is 0 Å². The van der Waals surface area contributed by atoms with Crippen molar-refractivity contribution in [1.29, 1.82) is 0 Å². The van der Waals surface area contributed by atoms with E-state index in [0.717, 1.165) is 19.6 Å². The topological polar surface area (TPSA) is 168 Å². The summed E-state index contributed by atoms with van der Waals surface area (Å²) in [6.07, 6.45) is -0.442. The zero-order chi connectivity index (χ0) is 68.3. The third kappa shape index (κ3) is 4.02. The molecular formula is C90H56N2O14. The number of likely N-dealkylation sites (tertiary alicyclic amines) is 1. The van der Waals surface area contributed by atoms with Gasteiger partial charge in [0.1, 0.15) is 18.8 Å². The summed E-state index contributed by atoms with van der Waals surface area (Å²) in [5.41, 5.74) is 5.30. The van der Waals surface area contributed by atoms with E-state index in [1.165, 1.54) is 265 Å². The smallest absolute Gasteiger partial charge is 0.407 e. The Kier molecular flexibility index (Phi) is 7.56. The summed E-state index contributed by atoms with van der Waals surface area (Å²) >= 11 is 0. The van der Waals surface area contributed by atoms with Crippen LogP contribution in [0.1, 0.15) is 65.3 Å². The number of methoxy groups -OCH3 is 2. The van der Waals surface area contributed by atoms with Crippen LogP contribution in [0.4, 0.5) is 4.79 Å². The Hall–Kier alpha value is -9.43. The number of alkyl carbamates (subject to hydrolysis) is 1. The van der Waals surface area contributed by atoms with Gasteiger partial charge in [-0.3, -0.25) is 14.5 Å². The molecular weight excluding hydrogens is 1330 g/mol. The van der Waals surface area contributed by atoms with E-state index >= 15 is 9.59 Å². The van der Waals surface area contributed by atoms with Crippen LogP contribution >= 0.6 is 0 Å². The number of rotatable bonds is 29. The molecule has 1 N–H and O–H groups in total. The molecule has 1 amide bonds. The largest absolute Gasteiger partial charge is 0.462 e. The van der Waals surface area contributed by atoms with Crippen molar-refractivity contribution >= 4 is 277 Å². The fourth-order valence-electron chi connectivity index (χ4n) is 30.4. The van der Waals surface area contributed by atoms with Crippen LogP contribution in [0.15, 0.2) is 0 Å². The van der Waals surface area contributed by atoms with Crippen LogP contribution in [-0.2, 0) is 83.4 Å². The molecule has 16 heteroatoms. The number of carbonyl (C=O) groups excluding carboxylic acids is 3. The summed E-state index contributed by atoms with van der Waals surface area (Å²) in [5.74, 6) is -1.04. The maximum absolute atomic E-state index is 17.8. The molecule has 510 valence electrons. The molecule has 1 saturated heterocycles. The lowest BCUT2D eigenvalue weighted by atomic mass is 9.50. The van der Waals surface area contributed by atoms with Gasteiger partial charge in [0.2, 0.25) is 0 Å². The number of nitrogens with zero attached hydrogens (tertiary/aromatic N) is 1. The molecule has 34 rings (SSSR count). The first-order valence-corrected chi connectivity index (χ1v) is 38.6. The maximum atomic E-state index is 17.8. The normalized spacial score (nSPS) is 23.0. The summed E-state index contributed by atoms with van der Waals surface area (Å²) in [5, 5.41) is 71.0. The van der Waals surface area contributed by atoms with Gasteiger partial charge >= 0.3 is 18.0 Å². The van der Waals surface area contributed by atoms with Gasteiger partial charge in [-0.2, -0.15) is 0 Å². The molecule has 24 aromatic rings. The first-order chi connectivity index (χ1) is 52.1. The fourth-order valence-corrected chi connectivity index (χ4v) is 30.4. The van der Waals surface area contributed by atoms with Crippen LogP contribution in [0.25, 0.3) is 259 Å². The highest BCUT2D eigenvalue weighted by Gasteiger charge is 3.01. The van der Waals surface area contributed by atoms with Gasteiger partial charge < -0.3 is 57.4 Å². The highest BCUT2D eigenvalue weighted by Crippen LogP contribution is 2.97. The maximum Gasteiger partial charge on any atom is 0.407 e. The number of esters is 2. The molecule has 4 unspecified atom stereocenters. The molecule has 1 heterocycles. The number of ether oxygens (including phenoxy) is 11. The molecule has 2 fully saturated rings. The fraction of sp³-hybridized carbons (Fsp3) is 0.344. The molecule has 16 nitrogen and oxygen atoms in total. The van der Waals surface area contributed by atoms with Crippen molar-refractivity contribution in [2.45, 2.75) is 48.0 Å². The molecule has 1 saturated carbocycles. The van der Waals surface area contributed by atoms with Gasteiger partial charge in [-0.25, -0.2) is 4.79 Å². The molecule has 0 radical (unpaired) electrons. The molecule has 106 heavy (non-hydrogen) atoms. The van der Waals surface area contributed by atoms with Crippen LogP contribution in [0.5, 0.6) is 0 Å². The van der Waals surface area contributed by atoms with E-state index in [0.29, 0.717) is 85.8 Å². The summed E-state index contributed by atoms with van der Waals surface area (Å²) in [6, 6.07) is 0. The van der Waals surface area contributed by atoms with Crippen molar-refractivity contribution in [1.82, 2.24) is 10.2 Å². The van der Waals surface area contributed by atoms with Crippen LogP contribution in [0, 0.1) is 5.41 Å². The van der Waals surface area contributed by atoms with E-state index < -0.39 is 50.7 Å². The number of carbonyl (C=O) groups is 3. The minimum Gasteiger partial charge on any atom is -0.462 e. The number of nitrogens with one attached hydrogen (secondary N) is 1. The number of amides is 1. The van der Waals surface area contributed by atoms with Crippen LogP contribution in [0.3, 0.4) is 0 Å².